The molecule has 3 atom stereocenters. The van der Waals surface area contributed by atoms with Gasteiger partial charge in [-0.15, -0.1) is 0 Å². The monoisotopic (exact) mass is 452 g/mol. The SMILES string of the molecule is C=C(C[C@@H](Cc1ccc(CC)cc1)C(=C)C)C1=C[C@@H](CC(=C)c2ccc(CC)cc2)C[C@H](C)C1. The zero-order chi connectivity index (χ0) is 24.7. The summed E-state index contributed by atoms with van der Waals surface area (Å²) >= 11 is 0. The Morgan fingerprint density at radius 1 is 0.853 bits per heavy atom. The second kappa shape index (κ2) is 12.2. The quantitative estimate of drug-likeness (QED) is 0.298. The van der Waals surface area contributed by atoms with Crippen molar-refractivity contribution in [3.63, 3.8) is 0 Å². The highest BCUT2D eigenvalue weighted by Crippen LogP contribution is 2.38. The highest BCUT2D eigenvalue weighted by Gasteiger charge is 2.23. The van der Waals surface area contributed by atoms with Crippen LogP contribution < -0.4 is 0 Å². The maximum Gasteiger partial charge on any atom is -0.0128 e. The Kier molecular flexibility index (Phi) is 9.34. The van der Waals surface area contributed by atoms with E-state index in [1.165, 1.54) is 51.0 Å². The van der Waals surface area contributed by atoms with E-state index in [2.05, 4.69) is 102 Å². The van der Waals surface area contributed by atoms with Crippen molar-refractivity contribution in [2.45, 2.75) is 72.6 Å². The van der Waals surface area contributed by atoms with Crippen molar-refractivity contribution in [3.8, 4) is 0 Å². The van der Waals surface area contributed by atoms with E-state index < -0.39 is 0 Å². The predicted octanol–water partition coefficient (Wildman–Crippen LogP) is 9.57. The van der Waals surface area contributed by atoms with Gasteiger partial charge in [-0.1, -0.05) is 106 Å². The van der Waals surface area contributed by atoms with E-state index in [-0.39, 0.29) is 0 Å². The fourth-order valence-electron chi connectivity index (χ4n) is 5.26. The van der Waals surface area contributed by atoms with Crippen LogP contribution in [0.2, 0.25) is 0 Å². The van der Waals surface area contributed by atoms with Crippen LogP contribution in [0.1, 0.15) is 75.6 Å². The smallest absolute Gasteiger partial charge is 0.0128 e. The number of hydrogen-bond acceptors (Lipinski definition) is 0. The van der Waals surface area contributed by atoms with Gasteiger partial charge >= 0.3 is 0 Å². The van der Waals surface area contributed by atoms with E-state index in [4.69, 9.17) is 0 Å². The summed E-state index contributed by atoms with van der Waals surface area (Å²) in [6.07, 6.45) is 10.1. The summed E-state index contributed by atoms with van der Waals surface area (Å²) in [7, 11) is 0. The van der Waals surface area contributed by atoms with E-state index >= 15 is 0 Å². The molecule has 2 aromatic rings. The van der Waals surface area contributed by atoms with Crippen LogP contribution in [0, 0.1) is 17.8 Å². The van der Waals surface area contributed by atoms with Crippen LogP contribution >= 0.6 is 0 Å². The average Bonchev–Trinajstić information content (AvgIpc) is 2.83. The molecular weight excluding hydrogens is 408 g/mol. The summed E-state index contributed by atoms with van der Waals surface area (Å²) in [5.41, 5.74) is 10.7. The van der Waals surface area contributed by atoms with Gasteiger partial charge in [0.15, 0.2) is 0 Å². The minimum Gasteiger partial charge on any atom is -0.0998 e. The highest BCUT2D eigenvalue weighted by molar-refractivity contribution is 5.64. The topological polar surface area (TPSA) is 0 Å². The molecule has 34 heavy (non-hydrogen) atoms. The molecule has 0 amide bonds. The van der Waals surface area contributed by atoms with Gasteiger partial charge in [0.25, 0.3) is 0 Å². The van der Waals surface area contributed by atoms with Gasteiger partial charge < -0.3 is 0 Å². The molecule has 3 rings (SSSR count). The van der Waals surface area contributed by atoms with E-state index in [1.54, 1.807) is 0 Å². The maximum absolute atomic E-state index is 4.56. The second-order valence-corrected chi connectivity index (χ2v) is 10.6. The Hall–Kier alpha value is -2.60. The zero-order valence-electron chi connectivity index (χ0n) is 22.0. The summed E-state index contributed by atoms with van der Waals surface area (Å²) in [6, 6.07) is 18.0. The van der Waals surface area contributed by atoms with Crippen molar-refractivity contribution < 1.29 is 0 Å². The first kappa shape index (κ1) is 26.0. The lowest BCUT2D eigenvalue weighted by molar-refractivity contribution is 0.419. The van der Waals surface area contributed by atoms with E-state index in [0.717, 1.165) is 38.5 Å². The molecule has 0 aromatic heterocycles. The molecule has 0 unspecified atom stereocenters. The number of hydrogen-bond donors (Lipinski definition) is 0. The van der Waals surface area contributed by atoms with Crippen LogP contribution in [0.4, 0.5) is 0 Å². The van der Waals surface area contributed by atoms with Crippen molar-refractivity contribution in [2.24, 2.45) is 17.8 Å². The third-order valence-corrected chi connectivity index (χ3v) is 7.55. The molecule has 0 radical (unpaired) electrons. The Bertz CT molecular complexity index is 1010. The molecular formula is C34H44. The third-order valence-electron chi connectivity index (χ3n) is 7.55. The van der Waals surface area contributed by atoms with Gasteiger partial charge in [-0.05, 0) is 103 Å². The Morgan fingerprint density at radius 2 is 1.41 bits per heavy atom. The summed E-state index contributed by atoms with van der Waals surface area (Å²) in [6.45, 7) is 22.3. The van der Waals surface area contributed by atoms with Crippen molar-refractivity contribution in [3.05, 3.63) is 113 Å². The van der Waals surface area contributed by atoms with Gasteiger partial charge in [-0.2, -0.15) is 0 Å². The van der Waals surface area contributed by atoms with E-state index in [1.807, 2.05) is 0 Å². The largest absolute Gasteiger partial charge is 0.0998 e. The zero-order valence-corrected chi connectivity index (χ0v) is 22.0. The lowest BCUT2D eigenvalue weighted by Gasteiger charge is -2.29. The van der Waals surface area contributed by atoms with Crippen LogP contribution in [-0.2, 0) is 19.3 Å². The lowest BCUT2D eigenvalue weighted by atomic mass is 9.76. The number of benzene rings is 2. The second-order valence-electron chi connectivity index (χ2n) is 10.6. The van der Waals surface area contributed by atoms with Gasteiger partial charge in [-0.3, -0.25) is 0 Å². The number of rotatable bonds is 11. The minimum absolute atomic E-state index is 0.434. The summed E-state index contributed by atoms with van der Waals surface area (Å²) in [5.74, 6) is 1.66. The van der Waals surface area contributed by atoms with Gasteiger partial charge in [0.05, 0.1) is 0 Å². The number of aryl methyl sites for hydroxylation is 2. The predicted molar refractivity (Wildman–Crippen MR) is 151 cm³/mol. The van der Waals surface area contributed by atoms with Gasteiger partial charge in [0.2, 0.25) is 0 Å². The molecule has 180 valence electrons. The maximum atomic E-state index is 4.56. The normalized spacial score (nSPS) is 18.8. The summed E-state index contributed by atoms with van der Waals surface area (Å²) in [4.78, 5) is 0. The van der Waals surface area contributed by atoms with Crippen LogP contribution in [0.25, 0.3) is 5.57 Å². The van der Waals surface area contributed by atoms with E-state index in [9.17, 15) is 0 Å². The van der Waals surface area contributed by atoms with Crippen molar-refractivity contribution >= 4 is 5.57 Å². The lowest BCUT2D eigenvalue weighted by Crippen LogP contribution is -2.15. The van der Waals surface area contributed by atoms with Crippen molar-refractivity contribution in [1.82, 2.24) is 0 Å². The van der Waals surface area contributed by atoms with Gasteiger partial charge in [-0.25, -0.2) is 0 Å². The molecule has 0 spiro atoms. The van der Waals surface area contributed by atoms with Crippen LogP contribution in [0.3, 0.4) is 0 Å². The third kappa shape index (κ3) is 7.20. The number of allylic oxidation sites excluding steroid dienone is 5. The molecule has 0 saturated heterocycles. The fourth-order valence-corrected chi connectivity index (χ4v) is 5.26. The van der Waals surface area contributed by atoms with Crippen molar-refractivity contribution in [2.75, 3.05) is 0 Å². The van der Waals surface area contributed by atoms with Crippen LogP contribution in [0.15, 0.2) is 91.1 Å². The molecule has 0 fully saturated rings. The molecule has 0 nitrogen and oxygen atoms in total. The standard InChI is InChI=1S/C34H44/c1-8-28-10-12-30(13-11-28)22-33(24(3)4)21-27(7)34-19-25(5)18-31(23-34)20-26(6)32-16-14-29(9-2)15-17-32/h10-17,23,25,31,33H,3,6-9,18-22H2,1-2,4-5H3/t25-,31+,33-/m0/s1. The van der Waals surface area contributed by atoms with Gasteiger partial charge in [0, 0.05) is 0 Å². The average molecular weight is 453 g/mol. The first-order valence-corrected chi connectivity index (χ1v) is 13.2. The molecule has 0 heterocycles. The fraction of sp³-hybridized carbons (Fsp3) is 0.412. The summed E-state index contributed by atoms with van der Waals surface area (Å²) in [5, 5.41) is 0. The first-order valence-electron chi connectivity index (χ1n) is 13.2. The molecule has 1 aliphatic carbocycles. The highest BCUT2D eigenvalue weighted by atomic mass is 14.3. The van der Waals surface area contributed by atoms with Crippen molar-refractivity contribution in [1.29, 1.82) is 0 Å². The molecule has 0 N–H and O–H groups in total. The molecule has 0 aliphatic heterocycles. The first-order chi connectivity index (χ1) is 16.3. The molecule has 0 saturated carbocycles. The minimum atomic E-state index is 0.434. The Balaban J connectivity index is 1.67. The molecule has 0 bridgehead atoms. The Labute approximate surface area is 209 Å². The summed E-state index contributed by atoms with van der Waals surface area (Å²) < 4.78 is 0. The van der Waals surface area contributed by atoms with Crippen LogP contribution in [0.5, 0.6) is 0 Å². The Morgan fingerprint density at radius 3 is 1.97 bits per heavy atom. The molecule has 0 heteroatoms. The molecule has 2 aromatic carbocycles. The van der Waals surface area contributed by atoms with E-state index in [0.29, 0.717) is 17.8 Å². The molecule has 1 aliphatic rings. The van der Waals surface area contributed by atoms with Gasteiger partial charge in [0.1, 0.15) is 0 Å². The van der Waals surface area contributed by atoms with Crippen LogP contribution in [-0.4, -0.2) is 0 Å².